The Morgan fingerprint density at radius 3 is 2.31 bits per heavy atom. The molecule has 0 nitrogen and oxygen atoms in total. The highest BCUT2D eigenvalue weighted by Crippen LogP contribution is 2.10. The zero-order chi connectivity index (χ0) is 10.3. The average Bonchev–Trinajstić information content (AvgIpc) is 2.20. The summed E-state index contributed by atoms with van der Waals surface area (Å²) in [5.74, 6) is 0. The van der Waals surface area contributed by atoms with E-state index in [-0.39, 0.29) is 0 Å². The first kappa shape index (κ1) is 12.0. The van der Waals surface area contributed by atoms with E-state index in [1.54, 1.807) is 0 Å². The van der Waals surface area contributed by atoms with Gasteiger partial charge in [0.25, 0.3) is 0 Å². The lowest BCUT2D eigenvalue weighted by Crippen LogP contribution is -1.83. The van der Waals surface area contributed by atoms with Crippen LogP contribution < -0.4 is 0 Å². The van der Waals surface area contributed by atoms with Crippen molar-refractivity contribution in [2.45, 2.75) is 34.1 Å². The van der Waals surface area contributed by atoms with Crippen LogP contribution in [0.1, 0.15) is 37.5 Å². The van der Waals surface area contributed by atoms with Crippen molar-refractivity contribution >= 4 is 6.08 Å². The molecular formula is C13H20. The van der Waals surface area contributed by atoms with Crippen LogP contribution in [0.15, 0.2) is 24.8 Å². The summed E-state index contributed by atoms with van der Waals surface area (Å²) < 4.78 is 0. The Morgan fingerprint density at radius 2 is 1.85 bits per heavy atom. The van der Waals surface area contributed by atoms with Crippen LogP contribution in [0.2, 0.25) is 0 Å². The Balaban J connectivity index is 0.000000671. The molecule has 0 aliphatic heterocycles. The lowest BCUT2D eigenvalue weighted by molar-refractivity contribution is 1.13. The van der Waals surface area contributed by atoms with Crippen LogP contribution in [0.3, 0.4) is 0 Å². The van der Waals surface area contributed by atoms with E-state index in [0.29, 0.717) is 0 Å². The zero-order valence-corrected chi connectivity index (χ0v) is 9.22. The van der Waals surface area contributed by atoms with Crippen molar-refractivity contribution in [1.82, 2.24) is 0 Å². The van der Waals surface area contributed by atoms with E-state index in [4.69, 9.17) is 0 Å². The second kappa shape index (κ2) is 6.47. The van der Waals surface area contributed by atoms with E-state index in [9.17, 15) is 0 Å². The Bertz CT molecular complexity index is 259. The van der Waals surface area contributed by atoms with Crippen molar-refractivity contribution in [2.75, 3.05) is 0 Å². The minimum absolute atomic E-state index is 1.10. The Kier molecular flexibility index (Phi) is 5.96. The second-order valence-electron chi connectivity index (χ2n) is 2.81. The highest BCUT2D eigenvalue weighted by Gasteiger charge is 1.92. The Labute approximate surface area is 82.3 Å². The van der Waals surface area contributed by atoms with Crippen molar-refractivity contribution in [3.05, 3.63) is 41.5 Å². The van der Waals surface area contributed by atoms with E-state index in [1.807, 2.05) is 19.9 Å². The van der Waals surface area contributed by atoms with Gasteiger partial charge in [-0.2, -0.15) is 0 Å². The minimum atomic E-state index is 1.10. The highest BCUT2D eigenvalue weighted by atomic mass is 14.0. The van der Waals surface area contributed by atoms with Crippen LogP contribution >= 0.6 is 0 Å². The molecule has 0 atom stereocenters. The maximum atomic E-state index is 3.75. The molecule has 0 unspecified atom stereocenters. The molecule has 0 aliphatic carbocycles. The van der Waals surface area contributed by atoms with Gasteiger partial charge in [0.05, 0.1) is 0 Å². The lowest BCUT2D eigenvalue weighted by Gasteiger charge is -2.01. The van der Waals surface area contributed by atoms with Crippen LogP contribution in [0.4, 0.5) is 0 Å². The summed E-state index contributed by atoms with van der Waals surface area (Å²) in [5.41, 5.74) is 3.93. The van der Waals surface area contributed by atoms with Crippen LogP contribution in [-0.2, 0) is 6.42 Å². The van der Waals surface area contributed by atoms with Crippen molar-refractivity contribution in [2.24, 2.45) is 0 Å². The maximum Gasteiger partial charge on any atom is -0.0257 e. The molecule has 0 aliphatic rings. The van der Waals surface area contributed by atoms with Gasteiger partial charge in [0, 0.05) is 0 Å². The van der Waals surface area contributed by atoms with Gasteiger partial charge in [-0.05, 0) is 24.5 Å². The van der Waals surface area contributed by atoms with Gasteiger partial charge < -0.3 is 0 Å². The van der Waals surface area contributed by atoms with Crippen molar-refractivity contribution < 1.29 is 0 Å². The predicted octanol–water partition coefficient (Wildman–Crippen LogP) is 4.23. The van der Waals surface area contributed by atoms with Gasteiger partial charge in [-0.3, -0.25) is 0 Å². The average molecular weight is 176 g/mol. The molecular weight excluding hydrogens is 156 g/mol. The quantitative estimate of drug-likeness (QED) is 0.632. The molecule has 13 heavy (non-hydrogen) atoms. The van der Waals surface area contributed by atoms with E-state index in [1.165, 1.54) is 16.7 Å². The fraction of sp³-hybridized carbons (Fsp3) is 0.385. The SMILES string of the molecule is C=Cc1cc(C)cc(CC)c1.CC. The topological polar surface area (TPSA) is 0 Å². The van der Waals surface area contributed by atoms with Crippen LogP contribution in [0.5, 0.6) is 0 Å². The third kappa shape index (κ3) is 3.93. The smallest absolute Gasteiger partial charge is 0.0257 e. The third-order valence-corrected chi connectivity index (χ3v) is 1.80. The number of aryl methyl sites for hydroxylation is 2. The molecule has 0 spiro atoms. The van der Waals surface area contributed by atoms with Gasteiger partial charge in [0.15, 0.2) is 0 Å². The number of rotatable bonds is 2. The van der Waals surface area contributed by atoms with Crippen LogP contribution in [0.25, 0.3) is 6.08 Å². The summed E-state index contributed by atoms with van der Waals surface area (Å²) in [6.07, 6.45) is 2.99. The summed E-state index contributed by atoms with van der Waals surface area (Å²) in [7, 11) is 0. The van der Waals surface area contributed by atoms with Gasteiger partial charge in [0.1, 0.15) is 0 Å². The summed E-state index contributed by atoms with van der Waals surface area (Å²) in [6, 6.07) is 6.54. The fourth-order valence-corrected chi connectivity index (χ4v) is 1.22. The molecule has 0 fully saturated rings. The summed E-state index contributed by atoms with van der Waals surface area (Å²) in [4.78, 5) is 0. The first-order valence-electron chi connectivity index (χ1n) is 4.99. The molecule has 0 heteroatoms. The summed E-state index contributed by atoms with van der Waals surface area (Å²) >= 11 is 0. The Hall–Kier alpha value is -1.04. The molecule has 0 saturated carbocycles. The van der Waals surface area contributed by atoms with Crippen LogP contribution in [0, 0.1) is 6.92 Å². The largest absolute Gasteiger partial charge is 0.0985 e. The maximum absolute atomic E-state index is 3.75. The molecule has 0 aromatic heterocycles. The molecule has 1 aromatic rings. The van der Waals surface area contributed by atoms with E-state index >= 15 is 0 Å². The molecule has 0 heterocycles. The molecule has 1 rings (SSSR count). The van der Waals surface area contributed by atoms with Gasteiger partial charge in [-0.25, -0.2) is 0 Å². The Morgan fingerprint density at radius 1 is 1.23 bits per heavy atom. The summed E-state index contributed by atoms with van der Waals surface area (Å²) in [6.45, 7) is 12.0. The molecule has 0 amide bonds. The second-order valence-corrected chi connectivity index (χ2v) is 2.81. The van der Waals surface area contributed by atoms with Crippen molar-refractivity contribution in [3.8, 4) is 0 Å². The first-order valence-corrected chi connectivity index (χ1v) is 4.99. The molecule has 1 aromatic carbocycles. The van der Waals surface area contributed by atoms with Gasteiger partial charge in [0.2, 0.25) is 0 Å². The van der Waals surface area contributed by atoms with Crippen molar-refractivity contribution in [1.29, 1.82) is 0 Å². The van der Waals surface area contributed by atoms with E-state index < -0.39 is 0 Å². The standard InChI is InChI=1S/C11H14.C2H6/c1-4-10-6-9(3)7-11(5-2)8-10;1-2/h4,6-8H,1,5H2,2-3H3;1-2H3. The van der Waals surface area contributed by atoms with Crippen LogP contribution in [-0.4, -0.2) is 0 Å². The monoisotopic (exact) mass is 176 g/mol. The molecule has 0 N–H and O–H groups in total. The molecule has 0 saturated heterocycles. The predicted molar refractivity (Wildman–Crippen MR) is 62.0 cm³/mol. The molecule has 72 valence electrons. The van der Waals surface area contributed by atoms with Gasteiger partial charge in [-0.1, -0.05) is 57.2 Å². The van der Waals surface area contributed by atoms with Gasteiger partial charge in [-0.15, -0.1) is 0 Å². The van der Waals surface area contributed by atoms with Crippen molar-refractivity contribution in [3.63, 3.8) is 0 Å². The van der Waals surface area contributed by atoms with E-state index in [0.717, 1.165) is 6.42 Å². The highest BCUT2D eigenvalue weighted by molar-refractivity contribution is 5.49. The zero-order valence-electron chi connectivity index (χ0n) is 9.22. The van der Waals surface area contributed by atoms with Gasteiger partial charge >= 0.3 is 0 Å². The number of hydrogen-bond acceptors (Lipinski definition) is 0. The summed E-state index contributed by atoms with van der Waals surface area (Å²) in [5, 5.41) is 0. The normalized spacial score (nSPS) is 8.62. The van der Waals surface area contributed by atoms with E-state index in [2.05, 4.69) is 38.6 Å². The number of hydrogen-bond donors (Lipinski definition) is 0. The fourth-order valence-electron chi connectivity index (χ4n) is 1.22. The minimum Gasteiger partial charge on any atom is -0.0985 e. The molecule has 0 bridgehead atoms. The first-order chi connectivity index (χ1) is 6.26. The molecule has 0 radical (unpaired) electrons. The lowest BCUT2D eigenvalue weighted by atomic mass is 10.1. The number of benzene rings is 1. The third-order valence-electron chi connectivity index (χ3n) is 1.80.